The van der Waals surface area contributed by atoms with Gasteiger partial charge < -0.3 is 15.4 Å². The minimum atomic E-state index is -0.00720. The van der Waals surface area contributed by atoms with E-state index in [1.165, 1.54) is 6.20 Å². The lowest BCUT2D eigenvalue weighted by Crippen LogP contribution is -2.57. The van der Waals surface area contributed by atoms with Crippen molar-refractivity contribution >= 4 is 23.9 Å². The van der Waals surface area contributed by atoms with Gasteiger partial charge >= 0.3 is 0 Å². The standard InChI is InChI=1S/C21H27N7O.H2/c1-5-8-28(24-4)16-12-27(13-16)19-9-15(6-7-25-19)21(23)17-10-20(29-14(2)3)26-11-18(17)22;/h5-11,14,16,23H,4,12-13,22H2,1-3H3;1H/b8-5-,23-21?;. The van der Waals surface area contributed by atoms with Crippen LogP contribution in [0.2, 0.25) is 0 Å². The van der Waals surface area contributed by atoms with E-state index in [0.717, 1.165) is 24.5 Å². The van der Waals surface area contributed by atoms with E-state index in [-0.39, 0.29) is 13.6 Å². The van der Waals surface area contributed by atoms with Crippen LogP contribution in [0, 0.1) is 5.41 Å². The monoisotopic (exact) mass is 395 g/mol. The van der Waals surface area contributed by atoms with Crippen molar-refractivity contribution in [1.29, 1.82) is 5.41 Å². The number of hydrogen-bond acceptors (Lipinski definition) is 8. The zero-order valence-corrected chi connectivity index (χ0v) is 17.0. The van der Waals surface area contributed by atoms with Gasteiger partial charge in [-0.3, -0.25) is 10.4 Å². The van der Waals surface area contributed by atoms with Crippen molar-refractivity contribution in [3.63, 3.8) is 0 Å². The summed E-state index contributed by atoms with van der Waals surface area (Å²) in [6.07, 6.45) is 7.09. The Morgan fingerprint density at radius 3 is 2.86 bits per heavy atom. The van der Waals surface area contributed by atoms with Gasteiger partial charge in [-0.15, -0.1) is 0 Å². The van der Waals surface area contributed by atoms with E-state index in [2.05, 4.69) is 26.7 Å². The van der Waals surface area contributed by atoms with Gasteiger partial charge in [0.2, 0.25) is 5.88 Å². The predicted molar refractivity (Wildman–Crippen MR) is 119 cm³/mol. The van der Waals surface area contributed by atoms with Gasteiger partial charge in [-0.25, -0.2) is 9.97 Å². The Hall–Kier alpha value is -3.42. The van der Waals surface area contributed by atoms with Crippen LogP contribution in [-0.2, 0) is 0 Å². The number of allylic oxidation sites excluding steroid dienone is 1. The van der Waals surface area contributed by atoms with Gasteiger partial charge in [-0.2, -0.15) is 5.10 Å². The summed E-state index contributed by atoms with van der Waals surface area (Å²) in [5, 5.41) is 14.5. The van der Waals surface area contributed by atoms with Crippen molar-refractivity contribution in [2.75, 3.05) is 23.7 Å². The molecule has 8 heteroatoms. The minimum absolute atomic E-state index is 0. The number of hydrogen-bond donors (Lipinski definition) is 2. The maximum absolute atomic E-state index is 8.65. The van der Waals surface area contributed by atoms with Gasteiger partial charge in [-0.05, 0) is 32.9 Å². The molecule has 0 spiro atoms. The van der Waals surface area contributed by atoms with Crippen LogP contribution in [0.4, 0.5) is 11.5 Å². The molecule has 8 nitrogen and oxygen atoms in total. The molecular weight excluding hydrogens is 366 g/mol. The molecule has 0 aliphatic carbocycles. The highest BCUT2D eigenvalue weighted by atomic mass is 16.5. The molecule has 3 heterocycles. The van der Waals surface area contributed by atoms with Crippen molar-refractivity contribution in [1.82, 2.24) is 15.0 Å². The summed E-state index contributed by atoms with van der Waals surface area (Å²) in [4.78, 5) is 10.8. The number of ether oxygens (including phenoxy) is 1. The second-order valence-electron chi connectivity index (χ2n) is 7.12. The van der Waals surface area contributed by atoms with Gasteiger partial charge in [0.05, 0.1) is 29.7 Å². The number of rotatable bonds is 8. The smallest absolute Gasteiger partial charge is 0.214 e. The second kappa shape index (κ2) is 8.72. The Morgan fingerprint density at radius 2 is 2.21 bits per heavy atom. The first-order chi connectivity index (χ1) is 13.9. The van der Waals surface area contributed by atoms with E-state index in [4.69, 9.17) is 15.9 Å². The van der Waals surface area contributed by atoms with E-state index in [1.807, 2.05) is 50.2 Å². The first-order valence-corrected chi connectivity index (χ1v) is 9.53. The number of nitrogens with two attached hydrogens (primary N) is 1. The summed E-state index contributed by atoms with van der Waals surface area (Å²) in [5.74, 6) is 1.27. The third-order valence-electron chi connectivity index (χ3n) is 4.60. The molecule has 0 atom stereocenters. The average Bonchev–Trinajstić information content (AvgIpc) is 2.67. The molecule has 29 heavy (non-hydrogen) atoms. The zero-order valence-electron chi connectivity index (χ0n) is 17.0. The summed E-state index contributed by atoms with van der Waals surface area (Å²) in [5.41, 5.74) is 8.14. The third-order valence-corrected chi connectivity index (χ3v) is 4.60. The van der Waals surface area contributed by atoms with Gasteiger partial charge in [-0.1, -0.05) is 6.08 Å². The van der Waals surface area contributed by atoms with Crippen molar-refractivity contribution in [3.05, 3.63) is 54.0 Å². The fourth-order valence-electron chi connectivity index (χ4n) is 3.12. The minimum Gasteiger partial charge on any atom is -0.475 e. The van der Waals surface area contributed by atoms with Crippen LogP contribution >= 0.6 is 0 Å². The van der Waals surface area contributed by atoms with Crippen LogP contribution in [0.25, 0.3) is 0 Å². The van der Waals surface area contributed by atoms with Gasteiger partial charge in [0, 0.05) is 50.8 Å². The molecule has 1 fully saturated rings. The molecular formula is C21H29N7O. The lowest BCUT2D eigenvalue weighted by atomic mass is 10.0. The first-order valence-electron chi connectivity index (χ1n) is 9.53. The van der Waals surface area contributed by atoms with Crippen molar-refractivity contribution < 1.29 is 6.16 Å². The summed E-state index contributed by atoms with van der Waals surface area (Å²) < 4.78 is 5.64. The molecule has 0 radical (unpaired) electrons. The number of aromatic nitrogens is 2. The molecule has 0 unspecified atom stereocenters. The molecule has 1 saturated heterocycles. The molecule has 1 aliphatic rings. The van der Waals surface area contributed by atoms with Crippen LogP contribution in [-0.4, -0.2) is 52.6 Å². The highest BCUT2D eigenvalue weighted by molar-refractivity contribution is 6.14. The molecule has 0 bridgehead atoms. The normalized spacial score (nSPS) is 14.1. The first kappa shape index (κ1) is 20.3. The SMILES string of the molecule is C=NN(/C=C\C)C1CN(c2cc(C(=N)c3cc(OC(C)C)ncc3N)ccn2)C1.[HH]. The third kappa shape index (κ3) is 4.53. The average molecular weight is 396 g/mol. The van der Waals surface area contributed by atoms with Gasteiger partial charge in [0.1, 0.15) is 5.82 Å². The number of nitrogens with zero attached hydrogens (tertiary/aromatic N) is 5. The molecule has 0 amide bonds. The molecule has 1 aliphatic heterocycles. The Bertz CT molecular complexity index is 925. The fraction of sp³-hybridized carbons (Fsp3) is 0.333. The topological polar surface area (TPSA) is 104 Å². The predicted octanol–water partition coefficient (Wildman–Crippen LogP) is 3.15. The summed E-state index contributed by atoms with van der Waals surface area (Å²) in [7, 11) is 0. The molecule has 3 N–H and O–H groups in total. The lowest BCUT2D eigenvalue weighted by molar-refractivity contribution is 0.232. The fourth-order valence-corrected chi connectivity index (χ4v) is 3.12. The van der Waals surface area contributed by atoms with Crippen LogP contribution in [0.1, 0.15) is 33.3 Å². The lowest BCUT2D eigenvalue weighted by Gasteiger charge is -2.43. The van der Waals surface area contributed by atoms with Crippen LogP contribution < -0.4 is 15.4 Å². The number of pyridine rings is 2. The molecule has 154 valence electrons. The Kier molecular flexibility index (Phi) is 6.11. The number of nitrogens with one attached hydrogen (secondary N) is 1. The van der Waals surface area contributed by atoms with Crippen molar-refractivity contribution in [3.8, 4) is 5.88 Å². The molecule has 0 aromatic carbocycles. The second-order valence-corrected chi connectivity index (χ2v) is 7.12. The molecule has 2 aromatic heterocycles. The number of nitrogen functional groups attached to an aromatic ring is 1. The van der Waals surface area contributed by atoms with E-state index in [9.17, 15) is 0 Å². The Labute approximate surface area is 172 Å². The van der Waals surface area contributed by atoms with E-state index >= 15 is 0 Å². The van der Waals surface area contributed by atoms with Crippen molar-refractivity contribution in [2.45, 2.75) is 32.9 Å². The van der Waals surface area contributed by atoms with Crippen LogP contribution in [0.3, 0.4) is 0 Å². The maximum Gasteiger partial charge on any atom is 0.214 e. The number of hydrazone groups is 1. The highest BCUT2D eigenvalue weighted by Gasteiger charge is 2.31. The maximum atomic E-state index is 8.65. The quantitative estimate of drug-likeness (QED) is 0.526. The number of anilines is 2. The van der Waals surface area contributed by atoms with Gasteiger partial charge in [0.25, 0.3) is 0 Å². The Morgan fingerprint density at radius 1 is 1.45 bits per heavy atom. The van der Waals surface area contributed by atoms with Gasteiger partial charge in [0.15, 0.2) is 0 Å². The van der Waals surface area contributed by atoms with E-state index in [1.54, 1.807) is 12.3 Å². The van der Waals surface area contributed by atoms with E-state index < -0.39 is 0 Å². The summed E-state index contributed by atoms with van der Waals surface area (Å²) in [6, 6.07) is 5.69. The van der Waals surface area contributed by atoms with Crippen LogP contribution in [0.15, 0.2) is 48.0 Å². The highest BCUT2D eigenvalue weighted by Crippen LogP contribution is 2.26. The summed E-state index contributed by atoms with van der Waals surface area (Å²) in [6.45, 7) is 11.0. The largest absolute Gasteiger partial charge is 0.475 e. The zero-order chi connectivity index (χ0) is 21.0. The molecule has 0 saturated carbocycles. The summed E-state index contributed by atoms with van der Waals surface area (Å²) >= 11 is 0. The molecule has 3 rings (SSSR count). The molecule has 2 aromatic rings. The Balaban J connectivity index is 0.00000320. The van der Waals surface area contributed by atoms with Crippen LogP contribution in [0.5, 0.6) is 5.88 Å². The van der Waals surface area contributed by atoms with Crippen molar-refractivity contribution in [2.24, 2.45) is 5.10 Å². The van der Waals surface area contributed by atoms with E-state index in [0.29, 0.717) is 22.8 Å².